The Balaban J connectivity index is 2.94. The summed E-state index contributed by atoms with van der Waals surface area (Å²) in [5, 5.41) is 0.0509. The van der Waals surface area contributed by atoms with Crippen LogP contribution in [0.2, 0.25) is 0 Å². The molecule has 4 heteroatoms. The predicted octanol–water partition coefficient (Wildman–Crippen LogP) is 2.20. The third-order valence-corrected chi connectivity index (χ3v) is 1.16. The SMILES string of the molecule is FSc1cc(F)ccn1. The van der Waals surface area contributed by atoms with Crippen LogP contribution in [-0.4, -0.2) is 4.98 Å². The number of hydrogen-bond acceptors (Lipinski definition) is 2. The molecule has 0 saturated carbocycles. The van der Waals surface area contributed by atoms with Crippen molar-refractivity contribution in [2.45, 2.75) is 5.03 Å². The van der Waals surface area contributed by atoms with Crippen molar-refractivity contribution in [2.75, 3.05) is 0 Å². The molecule has 0 spiro atoms. The summed E-state index contributed by atoms with van der Waals surface area (Å²) in [5.41, 5.74) is 0. The van der Waals surface area contributed by atoms with Crippen molar-refractivity contribution in [3.8, 4) is 0 Å². The minimum absolute atomic E-state index is 0.0509. The van der Waals surface area contributed by atoms with Crippen molar-refractivity contribution >= 4 is 12.1 Å². The van der Waals surface area contributed by atoms with E-state index in [1.165, 1.54) is 12.3 Å². The summed E-state index contributed by atoms with van der Waals surface area (Å²) in [4.78, 5) is 3.51. The summed E-state index contributed by atoms with van der Waals surface area (Å²) in [5.74, 6) is -0.467. The lowest BCUT2D eigenvalue weighted by Gasteiger charge is -1.88. The molecule has 9 heavy (non-hydrogen) atoms. The molecule has 0 N–H and O–H groups in total. The zero-order valence-electron chi connectivity index (χ0n) is 4.34. The molecule has 1 nitrogen and oxygen atoms in total. The van der Waals surface area contributed by atoms with Crippen molar-refractivity contribution in [3.63, 3.8) is 0 Å². The van der Waals surface area contributed by atoms with Gasteiger partial charge in [-0.25, -0.2) is 9.37 Å². The highest BCUT2D eigenvalue weighted by molar-refractivity contribution is 7.94. The molecule has 0 radical (unpaired) electrons. The van der Waals surface area contributed by atoms with E-state index < -0.39 is 5.82 Å². The quantitative estimate of drug-likeness (QED) is 0.604. The summed E-state index contributed by atoms with van der Waals surface area (Å²) < 4.78 is 23.7. The molecule has 0 atom stereocenters. The largest absolute Gasteiger partial charge is 0.247 e. The highest BCUT2D eigenvalue weighted by atomic mass is 32.2. The van der Waals surface area contributed by atoms with Gasteiger partial charge in [-0.15, -0.1) is 0 Å². The normalized spacial score (nSPS) is 9.56. The second kappa shape index (κ2) is 2.77. The number of aromatic nitrogens is 1. The third-order valence-electron chi connectivity index (χ3n) is 0.776. The number of rotatable bonds is 1. The van der Waals surface area contributed by atoms with E-state index >= 15 is 0 Å². The number of halogens is 2. The standard InChI is InChI=1S/C5H3F2NS/c6-4-1-2-8-5(3-4)9-7/h1-3H. The zero-order valence-corrected chi connectivity index (χ0v) is 5.16. The molecule has 0 saturated heterocycles. The lowest BCUT2D eigenvalue weighted by Crippen LogP contribution is -1.77. The summed E-state index contributed by atoms with van der Waals surface area (Å²) in [7, 11) is 0. The van der Waals surface area contributed by atoms with E-state index in [0.717, 1.165) is 6.07 Å². The summed E-state index contributed by atoms with van der Waals surface area (Å²) in [6, 6.07) is 2.20. The summed E-state index contributed by atoms with van der Waals surface area (Å²) in [6.45, 7) is 0. The molecule has 0 fully saturated rings. The van der Waals surface area contributed by atoms with Gasteiger partial charge in [0.15, 0.2) is 0 Å². The molecule has 0 aromatic carbocycles. The van der Waals surface area contributed by atoms with E-state index in [-0.39, 0.29) is 17.2 Å². The lowest BCUT2D eigenvalue weighted by atomic mass is 10.5. The fourth-order valence-electron chi connectivity index (χ4n) is 0.427. The fourth-order valence-corrected chi connectivity index (χ4v) is 0.685. The Morgan fingerprint density at radius 1 is 1.56 bits per heavy atom. The van der Waals surface area contributed by atoms with E-state index in [2.05, 4.69) is 4.98 Å². The fraction of sp³-hybridized carbons (Fsp3) is 0. The van der Waals surface area contributed by atoms with Gasteiger partial charge in [0.05, 0.1) is 0 Å². The Morgan fingerprint density at radius 2 is 2.33 bits per heavy atom. The van der Waals surface area contributed by atoms with Crippen LogP contribution in [0.3, 0.4) is 0 Å². The van der Waals surface area contributed by atoms with Gasteiger partial charge in [0, 0.05) is 12.3 Å². The van der Waals surface area contributed by atoms with Crippen molar-refractivity contribution in [1.29, 1.82) is 0 Å². The molecule has 1 aromatic rings. The summed E-state index contributed by atoms with van der Waals surface area (Å²) in [6.07, 6.45) is 1.22. The Hall–Kier alpha value is -0.640. The maximum absolute atomic E-state index is 12.1. The average molecular weight is 147 g/mol. The van der Waals surface area contributed by atoms with Crippen LogP contribution in [0.5, 0.6) is 0 Å². The third kappa shape index (κ3) is 1.64. The smallest absolute Gasteiger partial charge is 0.132 e. The molecule has 0 amide bonds. The molecule has 1 heterocycles. The minimum atomic E-state index is -0.467. The molecule has 48 valence electrons. The van der Waals surface area contributed by atoms with Crippen LogP contribution in [0.4, 0.5) is 8.28 Å². The van der Waals surface area contributed by atoms with Crippen LogP contribution in [0.25, 0.3) is 0 Å². The molecule has 0 bridgehead atoms. The first-order valence-electron chi connectivity index (χ1n) is 2.23. The van der Waals surface area contributed by atoms with Gasteiger partial charge in [-0.1, -0.05) is 0 Å². The van der Waals surface area contributed by atoms with Crippen molar-refractivity contribution in [2.24, 2.45) is 0 Å². The number of nitrogens with zero attached hydrogens (tertiary/aromatic N) is 1. The van der Waals surface area contributed by atoms with Crippen molar-refractivity contribution < 1.29 is 8.28 Å². The molecular formula is C5H3F2NS. The van der Waals surface area contributed by atoms with Crippen molar-refractivity contribution in [1.82, 2.24) is 4.98 Å². The Morgan fingerprint density at radius 3 is 2.78 bits per heavy atom. The van der Waals surface area contributed by atoms with Gasteiger partial charge >= 0.3 is 0 Å². The van der Waals surface area contributed by atoms with Crippen LogP contribution in [0, 0.1) is 5.82 Å². The average Bonchev–Trinajstić information content (AvgIpc) is 1.88. The van der Waals surface area contributed by atoms with Crippen LogP contribution in [-0.2, 0) is 0 Å². The van der Waals surface area contributed by atoms with Gasteiger partial charge in [-0.05, 0) is 6.07 Å². The van der Waals surface area contributed by atoms with Gasteiger partial charge in [0.25, 0.3) is 0 Å². The molecule has 1 aromatic heterocycles. The minimum Gasteiger partial charge on any atom is -0.247 e. The summed E-state index contributed by atoms with van der Waals surface area (Å²) >= 11 is -0.0681. The first-order valence-corrected chi connectivity index (χ1v) is 2.95. The maximum atomic E-state index is 12.1. The Bertz CT molecular complexity index is 204. The molecule has 0 aliphatic heterocycles. The topological polar surface area (TPSA) is 12.9 Å². The highest BCUT2D eigenvalue weighted by Gasteiger charge is 1.94. The molecule has 0 aliphatic rings. The van der Waals surface area contributed by atoms with E-state index in [1.807, 2.05) is 0 Å². The van der Waals surface area contributed by atoms with E-state index in [9.17, 15) is 8.28 Å². The highest BCUT2D eigenvalue weighted by Crippen LogP contribution is 2.15. The molecule has 0 unspecified atom stereocenters. The molecular weight excluding hydrogens is 144 g/mol. The predicted molar refractivity (Wildman–Crippen MR) is 31.2 cm³/mol. The van der Waals surface area contributed by atoms with Crippen LogP contribution in [0.15, 0.2) is 23.4 Å². The number of pyridine rings is 1. The molecule has 1 rings (SSSR count). The first kappa shape index (κ1) is 6.48. The van der Waals surface area contributed by atoms with Gasteiger partial charge in [-0.3, -0.25) is 0 Å². The van der Waals surface area contributed by atoms with Gasteiger partial charge in [0.1, 0.15) is 23.0 Å². The Kier molecular flexibility index (Phi) is 2.00. The van der Waals surface area contributed by atoms with Crippen molar-refractivity contribution in [3.05, 3.63) is 24.1 Å². The second-order valence-electron chi connectivity index (χ2n) is 1.39. The van der Waals surface area contributed by atoms with Gasteiger partial charge in [0.2, 0.25) is 0 Å². The maximum Gasteiger partial charge on any atom is 0.132 e. The second-order valence-corrected chi connectivity index (χ2v) is 1.96. The van der Waals surface area contributed by atoms with Crippen LogP contribution >= 0.6 is 12.1 Å². The van der Waals surface area contributed by atoms with E-state index in [4.69, 9.17) is 0 Å². The van der Waals surface area contributed by atoms with E-state index in [1.54, 1.807) is 0 Å². The van der Waals surface area contributed by atoms with Gasteiger partial charge < -0.3 is 0 Å². The lowest BCUT2D eigenvalue weighted by molar-refractivity contribution is 0.619. The van der Waals surface area contributed by atoms with Gasteiger partial charge in [-0.2, -0.15) is 3.89 Å². The first-order chi connectivity index (χ1) is 4.33. The van der Waals surface area contributed by atoms with Crippen LogP contribution in [0.1, 0.15) is 0 Å². The van der Waals surface area contributed by atoms with Crippen LogP contribution < -0.4 is 0 Å². The monoisotopic (exact) mass is 147 g/mol. The zero-order chi connectivity index (χ0) is 6.69. The van der Waals surface area contributed by atoms with E-state index in [0.29, 0.717) is 0 Å². The number of hydrogen-bond donors (Lipinski definition) is 0. The Labute approximate surface area is 55.4 Å². The molecule has 0 aliphatic carbocycles.